The minimum absolute atomic E-state index is 0.00723. The van der Waals surface area contributed by atoms with E-state index in [9.17, 15) is 10.1 Å². The second-order valence-corrected chi connectivity index (χ2v) is 4.56. The average molecular weight is 273 g/mol. The van der Waals surface area contributed by atoms with Gasteiger partial charge in [-0.25, -0.2) is 4.98 Å². The smallest absolute Gasteiger partial charge is 0.275 e. The van der Waals surface area contributed by atoms with Gasteiger partial charge in [0.15, 0.2) is 0 Å². The fraction of sp³-hybridized carbons (Fsp3) is 0.214. The Morgan fingerprint density at radius 1 is 1.30 bits per heavy atom. The lowest BCUT2D eigenvalue weighted by atomic mass is 10.1. The van der Waals surface area contributed by atoms with Crippen LogP contribution in [0.5, 0.6) is 5.75 Å². The molecule has 2 aromatic rings. The van der Waals surface area contributed by atoms with Gasteiger partial charge >= 0.3 is 0 Å². The van der Waals surface area contributed by atoms with Gasteiger partial charge in [-0.05, 0) is 26.0 Å². The normalized spacial score (nSPS) is 10.6. The number of rotatable bonds is 4. The molecule has 0 fully saturated rings. The van der Waals surface area contributed by atoms with E-state index >= 15 is 0 Å². The van der Waals surface area contributed by atoms with Gasteiger partial charge in [-0.3, -0.25) is 10.1 Å². The maximum absolute atomic E-state index is 10.9. The number of hydrogen-bond acceptors (Lipinski definition) is 5. The highest BCUT2D eigenvalue weighted by Gasteiger charge is 2.14. The second kappa shape index (κ2) is 5.56. The molecule has 6 nitrogen and oxygen atoms in total. The fourth-order valence-corrected chi connectivity index (χ4v) is 1.82. The van der Waals surface area contributed by atoms with Crippen LogP contribution in [0, 0.1) is 10.1 Å². The number of benzene rings is 1. The SMILES string of the molecule is CC(C)Oc1ccccc1-c1cc([N+](=O)[O-])cc(N)n1. The highest BCUT2D eigenvalue weighted by molar-refractivity contribution is 5.70. The Kier molecular flexibility index (Phi) is 3.84. The number of ether oxygens (including phenoxy) is 1. The van der Waals surface area contributed by atoms with E-state index in [4.69, 9.17) is 10.5 Å². The summed E-state index contributed by atoms with van der Waals surface area (Å²) < 4.78 is 5.69. The molecule has 1 aromatic heterocycles. The minimum Gasteiger partial charge on any atom is -0.490 e. The molecule has 0 spiro atoms. The van der Waals surface area contributed by atoms with E-state index < -0.39 is 4.92 Å². The highest BCUT2D eigenvalue weighted by atomic mass is 16.6. The maximum Gasteiger partial charge on any atom is 0.275 e. The Morgan fingerprint density at radius 2 is 2.00 bits per heavy atom. The van der Waals surface area contributed by atoms with Gasteiger partial charge in [-0.1, -0.05) is 12.1 Å². The van der Waals surface area contributed by atoms with Crippen molar-refractivity contribution < 1.29 is 9.66 Å². The predicted octanol–water partition coefficient (Wildman–Crippen LogP) is 3.03. The van der Waals surface area contributed by atoms with E-state index in [0.29, 0.717) is 17.0 Å². The zero-order valence-electron chi connectivity index (χ0n) is 11.2. The topological polar surface area (TPSA) is 91.3 Å². The monoisotopic (exact) mass is 273 g/mol. The third-order valence-corrected chi connectivity index (χ3v) is 2.57. The standard InChI is InChI=1S/C14H15N3O3/c1-9(2)20-13-6-4-3-5-11(13)12-7-10(17(18)19)8-14(15)16-12/h3-9H,1-2H3,(H2,15,16). The molecule has 20 heavy (non-hydrogen) atoms. The summed E-state index contributed by atoms with van der Waals surface area (Å²) in [6.45, 7) is 3.82. The van der Waals surface area contributed by atoms with Gasteiger partial charge < -0.3 is 10.5 Å². The Morgan fingerprint density at radius 3 is 2.65 bits per heavy atom. The van der Waals surface area contributed by atoms with Crippen molar-refractivity contribution in [2.24, 2.45) is 0 Å². The minimum atomic E-state index is -0.493. The maximum atomic E-state index is 10.9. The van der Waals surface area contributed by atoms with E-state index in [2.05, 4.69) is 4.98 Å². The molecule has 0 saturated heterocycles. The highest BCUT2D eigenvalue weighted by Crippen LogP contribution is 2.31. The Hall–Kier alpha value is -2.63. The van der Waals surface area contributed by atoms with E-state index in [1.807, 2.05) is 26.0 Å². The summed E-state index contributed by atoms with van der Waals surface area (Å²) in [5.74, 6) is 0.725. The van der Waals surface area contributed by atoms with E-state index in [1.54, 1.807) is 12.1 Å². The fourth-order valence-electron chi connectivity index (χ4n) is 1.82. The Balaban J connectivity index is 2.53. The Labute approximate surface area is 116 Å². The summed E-state index contributed by atoms with van der Waals surface area (Å²) in [4.78, 5) is 14.5. The third kappa shape index (κ3) is 3.03. The molecule has 0 aliphatic carbocycles. The molecule has 0 saturated carbocycles. The van der Waals surface area contributed by atoms with Gasteiger partial charge in [0.05, 0.1) is 22.8 Å². The van der Waals surface area contributed by atoms with E-state index in [1.165, 1.54) is 12.1 Å². The number of para-hydroxylation sites is 1. The van der Waals surface area contributed by atoms with Crippen LogP contribution >= 0.6 is 0 Å². The quantitative estimate of drug-likeness (QED) is 0.682. The lowest BCUT2D eigenvalue weighted by Crippen LogP contribution is -2.07. The lowest BCUT2D eigenvalue weighted by molar-refractivity contribution is -0.384. The van der Waals surface area contributed by atoms with Gasteiger partial charge in [0.1, 0.15) is 11.6 Å². The van der Waals surface area contributed by atoms with Crippen molar-refractivity contribution >= 4 is 11.5 Å². The number of nitrogens with two attached hydrogens (primary N) is 1. The van der Waals surface area contributed by atoms with Crippen LogP contribution in [-0.2, 0) is 0 Å². The molecular formula is C14H15N3O3. The molecule has 0 bridgehead atoms. The van der Waals surface area contributed by atoms with Crippen molar-refractivity contribution in [2.45, 2.75) is 20.0 Å². The first-order valence-corrected chi connectivity index (χ1v) is 6.15. The van der Waals surface area contributed by atoms with Crippen LogP contribution in [0.1, 0.15) is 13.8 Å². The summed E-state index contributed by atoms with van der Waals surface area (Å²) in [5.41, 5.74) is 6.64. The van der Waals surface area contributed by atoms with Crippen LogP contribution in [0.4, 0.5) is 11.5 Å². The summed E-state index contributed by atoms with van der Waals surface area (Å²) in [5, 5.41) is 10.9. The molecule has 0 unspecified atom stereocenters. The zero-order chi connectivity index (χ0) is 14.7. The van der Waals surface area contributed by atoms with E-state index in [-0.39, 0.29) is 17.6 Å². The number of nitrogen functional groups attached to an aromatic ring is 1. The molecule has 1 heterocycles. The molecule has 0 radical (unpaired) electrons. The number of aromatic nitrogens is 1. The lowest BCUT2D eigenvalue weighted by Gasteiger charge is -2.13. The van der Waals surface area contributed by atoms with Gasteiger partial charge in [0.25, 0.3) is 5.69 Å². The van der Waals surface area contributed by atoms with Crippen LogP contribution < -0.4 is 10.5 Å². The summed E-state index contributed by atoms with van der Waals surface area (Å²) in [6.07, 6.45) is -0.00723. The predicted molar refractivity (Wildman–Crippen MR) is 76.5 cm³/mol. The largest absolute Gasteiger partial charge is 0.490 e. The van der Waals surface area contributed by atoms with Crippen molar-refractivity contribution in [1.82, 2.24) is 4.98 Å². The van der Waals surface area contributed by atoms with Crippen LogP contribution in [0.2, 0.25) is 0 Å². The summed E-state index contributed by atoms with van der Waals surface area (Å²) in [7, 11) is 0. The number of nitrogens with zero attached hydrogens (tertiary/aromatic N) is 2. The molecule has 0 amide bonds. The number of hydrogen-bond donors (Lipinski definition) is 1. The van der Waals surface area contributed by atoms with Crippen LogP contribution in [-0.4, -0.2) is 16.0 Å². The van der Waals surface area contributed by atoms with Crippen molar-refractivity contribution in [3.05, 3.63) is 46.5 Å². The molecule has 104 valence electrons. The van der Waals surface area contributed by atoms with Crippen LogP contribution in [0.15, 0.2) is 36.4 Å². The van der Waals surface area contributed by atoms with Crippen LogP contribution in [0.3, 0.4) is 0 Å². The zero-order valence-corrected chi connectivity index (χ0v) is 11.2. The molecular weight excluding hydrogens is 258 g/mol. The molecule has 2 N–H and O–H groups in total. The number of pyridine rings is 1. The number of anilines is 1. The molecule has 6 heteroatoms. The van der Waals surface area contributed by atoms with Crippen LogP contribution in [0.25, 0.3) is 11.3 Å². The van der Waals surface area contributed by atoms with Crippen molar-refractivity contribution in [3.8, 4) is 17.0 Å². The van der Waals surface area contributed by atoms with Gasteiger partial charge in [0, 0.05) is 11.6 Å². The molecule has 0 aliphatic rings. The second-order valence-electron chi connectivity index (χ2n) is 4.56. The summed E-state index contributed by atoms with van der Waals surface area (Å²) >= 11 is 0. The molecule has 2 rings (SSSR count). The van der Waals surface area contributed by atoms with Gasteiger partial charge in [-0.15, -0.1) is 0 Å². The van der Waals surface area contributed by atoms with Gasteiger partial charge in [-0.2, -0.15) is 0 Å². The molecule has 0 atom stereocenters. The van der Waals surface area contributed by atoms with E-state index in [0.717, 1.165) is 0 Å². The first-order chi connectivity index (χ1) is 9.47. The third-order valence-electron chi connectivity index (χ3n) is 2.57. The van der Waals surface area contributed by atoms with Crippen molar-refractivity contribution in [3.63, 3.8) is 0 Å². The Bertz CT molecular complexity index is 641. The first kappa shape index (κ1) is 13.8. The van der Waals surface area contributed by atoms with Gasteiger partial charge in [0.2, 0.25) is 0 Å². The summed E-state index contributed by atoms with van der Waals surface area (Å²) in [6, 6.07) is 9.87. The first-order valence-electron chi connectivity index (χ1n) is 6.15. The molecule has 1 aromatic carbocycles. The van der Waals surface area contributed by atoms with Crippen molar-refractivity contribution in [2.75, 3.05) is 5.73 Å². The molecule has 0 aliphatic heterocycles. The number of nitro groups is 1. The average Bonchev–Trinajstić information content (AvgIpc) is 2.37. The van der Waals surface area contributed by atoms with Crippen molar-refractivity contribution in [1.29, 1.82) is 0 Å².